The minimum Gasteiger partial charge on any atom is -0.493 e. The molecular weight excluding hydrogens is 488 g/mol. The maximum absolute atomic E-state index is 13.0. The van der Waals surface area contributed by atoms with Crippen molar-refractivity contribution in [3.63, 3.8) is 0 Å². The highest BCUT2D eigenvalue weighted by molar-refractivity contribution is 9.10. The maximum Gasteiger partial charge on any atom is 0.260 e. The van der Waals surface area contributed by atoms with Crippen LogP contribution in [0.3, 0.4) is 0 Å². The Labute approximate surface area is 198 Å². The second kappa shape index (κ2) is 9.08. The van der Waals surface area contributed by atoms with Crippen molar-refractivity contribution in [2.45, 2.75) is 38.7 Å². The fourth-order valence-electron chi connectivity index (χ4n) is 4.15. The van der Waals surface area contributed by atoms with Gasteiger partial charge in [-0.2, -0.15) is 0 Å². The lowest BCUT2D eigenvalue weighted by Crippen LogP contribution is -2.10. The van der Waals surface area contributed by atoms with E-state index in [9.17, 15) is 4.79 Å². The average molecular weight is 511 g/mol. The Morgan fingerprint density at radius 3 is 2.69 bits per heavy atom. The molecule has 0 unspecified atom stereocenters. The van der Waals surface area contributed by atoms with Crippen molar-refractivity contribution < 1.29 is 9.47 Å². The number of fused-ring (bicyclic) bond motifs is 3. The summed E-state index contributed by atoms with van der Waals surface area (Å²) in [6.07, 6.45) is 5.56. The van der Waals surface area contributed by atoms with E-state index in [4.69, 9.17) is 14.5 Å². The van der Waals surface area contributed by atoms with E-state index in [0.717, 1.165) is 45.1 Å². The van der Waals surface area contributed by atoms with Gasteiger partial charge in [-0.25, -0.2) is 4.98 Å². The van der Waals surface area contributed by atoms with E-state index in [1.54, 1.807) is 18.4 Å². The van der Waals surface area contributed by atoms with Crippen LogP contribution in [0.4, 0.5) is 0 Å². The second-order valence-corrected chi connectivity index (χ2v) is 9.94. The van der Waals surface area contributed by atoms with Crippen molar-refractivity contribution in [2.75, 3.05) is 7.11 Å². The lowest BCUT2D eigenvalue weighted by atomic mass is 10.1. The summed E-state index contributed by atoms with van der Waals surface area (Å²) in [5.41, 5.74) is 3.00. The fraction of sp³-hybridized carbons (Fsp3) is 0.280. The number of aryl methyl sites for hydroxylation is 2. The minimum absolute atomic E-state index is 0.0565. The molecule has 7 heteroatoms. The number of benzene rings is 2. The molecule has 32 heavy (non-hydrogen) atoms. The van der Waals surface area contributed by atoms with Crippen LogP contribution in [-0.4, -0.2) is 17.1 Å². The van der Waals surface area contributed by atoms with Gasteiger partial charge in [0.25, 0.3) is 5.56 Å². The summed E-state index contributed by atoms with van der Waals surface area (Å²) < 4.78 is 12.6. The van der Waals surface area contributed by atoms with Crippen LogP contribution in [0.25, 0.3) is 21.6 Å². The lowest BCUT2D eigenvalue weighted by molar-refractivity contribution is 0.284. The number of ether oxygens (including phenoxy) is 2. The van der Waals surface area contributed by atoms with Gasteiger partial charge < -0.3 is 14.5 Å². The van der Waals surface area contributed by atoms with Gasteiger partial charge in [0.05, 0.1) is 12.5 Å². The second-order valence-electron chi connectivity index (χ2n) is 7.94. The van der Waals surface area contributed by atoms with E-state index in [2.05, 4.69) is 20.9 Å². The van der Waals surface area contributed by atoms with Crippen LogP contribution < -0.4 is 15.0 Å². The summed E-state index contributed by atoms with van der Waals surface area (Å²) in [6.45, 7) is 0.435. The minimum atomic E-state index is -0.0565. The maximum atomic E-state index is 13.0. The highest BCUT2D eigenvalue weighted by Crippen LogP contribution is 2.35. The first kappa shape index (κ1) is 21.2. The Morgan fingerprint density at radius 2 is 1.88 bits per heavy atom. The van der Waals surface area contributed by atoms with Crippen LogP contribution in [0.1, 0.15) is 35.3 Å². The molecule has 5 rings (SSSR count). The molecule has 0 atom stereocenters. The highest BCUT2D eigenvalue weighted by Gasteiger charge is 2.19. The van der Waals surface area contributed by atoms with E-state index in [1.165, 1.54) is 23.3 Å². The number of halogens is 1. The number of nitrogens with zero attached hydrogens (tertiary/aromatic N) is 1. The molecule has 0 saturated carbocycles. The van der Waals surface area contributed by atoms with Gasteiger partial charge >= 0.3 is 0 Å². The molecule has 164 valence electrons. The predicted octanol–water partition coefficient (Wildman–Crippen LogP) is 6.27. The SMILES string of the molecule is COc1cc(-c2nc3sc4c(c3c(=O)[nH]2)CCCCC4)ccc1OCc1ccc(Br)cc1. The molecule has 0 fully saturated rings. The first-order chi connectivity index (χ1) is 15.6. The number of nitrogens with one attached hydrogen (secondary N) is 1. The number of hydrogen-bond donors (Lipinski definition) is 1. The number of hydrogen-bond acceptors (Lipinski definition) is 5. The standard InChI is InChI=1S/C25H23BrN2O3S/c1-30-20-13-16(9-12-19(20)31-14-15-7-10-17(26)11-8-15)23-27-24(29)22-18-5-3-2-4-6-21(18)32-25(22)28-23/h7-13H,2-6,14H2,1H3,(H,27,28,29). The number of rotatable bonds is 5. The Morgan fingerprint density at radius 1 is 1.06 bits per heavy atom. The molecule has 0 saturated heterocycles. The van der Waals surface area contributed by atoms with Crippen molar-refractivity contribution in [3.8, 4) is 22.9 Å². The van der Waals surface area contributed by atoms with Gasteiger partial charge in [0.15, 0.2) is 11.5 Å². The van der Waals surface area contributed by atoms with Crippen LogP contribution in [0.5, 0.6) is 11.5 Å². The molecule has 1 aliphatic rings. The molecule has 4 aromatic rings. The third-order valence-electron chi connectivity index (χ3n) is 5.82. The molecule has 2 aromatic heterocycles. The normalized spacial score (nSPS) is 13.6. The Balaban J connectivity index is 1.45. The van der Waals surface area contributed by atoms with Gasteiger partial charge in [0, 0.05) is 14.9 Å². The quantitative estimate of drug-likeness (QED) is 0.321. The zero-order chi connectivity index (χ0) is 22.1. The summed E-state index contributed by atoms with van der Waals surface area (Å²) in [6, 6.07) is 13.6. The van der Waals surface area contributed by atoms with Crippen molar-refractivity contribution >= 4 is 37.5 Å². The summed E-state index contributed by atoms with van der Waals surface area (Å²) in [5, 5.41) is 0.775. The number of aromatic nitrogens is 2. The first-order valence-electron chi connectivity index (χ1n) is 10.7. The Kier molecular flexibility index (Phi) is 6.02. The monoisotopic (exact) mass is 510 g/mol. The summed E-state index contributed by atoms with van der Waals surface area (Å²) >= 11 is 5.11. The van der Waals surface area contributed by atoms with Gasteiger partial charge in [-0.15, -0.1) is 11.3 Å². The van der Waals surface area contributed by atoms with Crippen LogP contribution >= 0.6 is 27.3 Å². The van der Waals surface area contributed by atoms with Crippen molar-refractivity contribution in [3.05, 3.63) is 73.3 Å². The van der Waals surface area contributed by atoms with Crippen molar-refractivity contribution in [1.29, 1.82) is 0 Å². The van der Waals surface area contributed by atoms with Gasteiger partial charge in [-0.3, -0.25) is 4.79 Å². The smallest absolute Gasteiger partial charge is 0.260 e. The van der Waals surface area contributed by atoms with Crippen molar-refractivity contribution in [1.82, 2.24) is 9.97 Å². The third-order valence-corrected chi connectivity index (χ3v) is 7.53. The molecule has 1 aliphatic carbocycles. The van der Waals surface area contributed by atoms with Crippen LogP contribution in [0.15, 0.2) is 51.7 Å². The van der Waals surface area contributed by atoms with Crippen LogP contribution in [0.2, 0.25) is 0 Å². The van der Waals surface area contributed by atoms with E-state index >= 15 is 0 Å². The van der Waals surface area contributed by atoms with Gasteiger partial charge in [0.1, 0.15) is 17.3 Å². The summed E-state index contributed by atoms with van der Waals surface area (Å²) in [5.74, 6) is 1.80. The molecule has 0 bridgehead atoms. The topological polar surface area (TPSA) is 64.2 Å². The molecule has 0 aliphatic heterocycles. The van der Waals surface area contributed by atoms with Crippen LogP contribution in [0, 0.1) is 0 Å². The molecule has 0 spiro atoms. The molecule has 1 N–H and O–H groups in total. The Hall–Kier alpha value is -2.64. The third kappa shape index (κ3) is 4.19. The number of H-pyrrole nitrogens is 1. The van der Waals surface area contributed by atoms with Crippen molar-refractivity contribution in [2.24, 2.45) is 0 Å². The van der Waals surface area contributed by atoms with Gasteiger partial charge in [-0.05, 0) is 67.1 Å². The van der Waals surface area contributed by atoms with E-state index in [0.29, 0.717) is 23.9 Å². The fourth-order valence-corrected chi connectivity index (χ4v) is 5.68. The Bertz CT molecular complexity index is 1330. The van der Waals surface area contributed by atoms with E-state index < -0.39 is 0 Å². The number of aromatic amines is 1. The number of methoxy groups -OCH3 is 1. The first-order valence-corrected chi connectivity index (χ1v) is 12.3. The zero-order valence-electron chi connectivity index (χ0n) is 17.7. The largest absolute Gasteiger partial charge is 0.493 e. The summed E-state index contributed by atoms with van der Waals surface area (Å²) in [4.78, 5) is 22.9. The molecule has 2 heterocycles. The predicted molar refractivity (Wildman–Crippen MR) is 132 cm³/mol. The zero-order valence-corrected chi connectivity index (χ0v) is 20.1. The summed E-state index contributed by atoms with van der Waals surface area (Å²) in [7, 11) is 1.61. The average Bonchev–Trinajstić information content (AvgIpc) is 3.00. The van der Waals surface area contributed by atoms with Gasteiger partial charge in [-0.1, -0.05) is 34.5 Å². The number of thiophene rings is 1. The van der Waals surface area contributed by atoms with E-state index in [1.807, 2.05) is 42.5 Å². The lowest BCUT2D eigenvalue weighted by Gasteiger charge is -2.12. The van der Waals surface area contributed by atoms with E-state index in [-0.39, 0.29) is 5.56 Å². The van der Waals surface area contributed by atoms with Gasteiger partial charge in [0.2, 0.25) is 0 Å². The molecule has 5 nitrogen and oxygen atoms in total. The molecular formula is C25H23BrN2O3S. The molecule has 2 aromatic carbocycles. The molecule has 0 amide bonds. The molecule has 0 radical (unpaired) electrons. The highest BCUT2D eigenvalue weighted by atomic mass is 79.9. The van der Waals surface area contributed by atoms with Crippen LogP contribution in [-0.2, 0) is 19.4 Å².